The monoisotopic (exact) mass is 448 g/mol. The summed E-state index contributed by atoms with van der Waals surface area (Å²) in [5.41, 5.74) is 2.42. The zero-order chi connectivity index (χ0) is 22.9. The molecule has 5 nitrogen and oxygen atoms in total. The number of carbonyl (C=O) groups is 2. The van der Waals surface area contributed by atoms with Crippen LogP contribution in [0.1, 0.15) is 55.6 Å². The van der Waals surface area contributed by atoms with Gasteiger partial charge in [0, 0.05) is 48.3 Å². The van der Waals surface area contributed by atoms with Crippen molar-refractivity contribution in [2.45, 2.75) is 51.0 Å². The lowest BCUT2D eigenvalue weighted by Gasteiger charge is -2.36. The van der Waals surface area contributed by atoms with Crippen molar-refractivity contribution in [3.05, 3.63) is 82.1 Å². The summed E-state index contributed by atoms with van der Waals surface area (Å²) in [6.45, 7) is 0.0568. The summed E-state index contributed by atoms with van der Waals surface area (Å²) in [4.78, 5) is 25.9. The molecule has 3 aliphatic rings. The van der Waals surface area contributed by atoms with Crippen molar-refractivity contribution in [3.63, 3.8) is 0 Å². The average molecular weight is 448 g/mol. The molecule has 0 radical (unpaired) electrons. The first kappa shape index (κ1) is 21.4. The van der Waals surface area contributed by atoms with Gasteiger partial charge in [0.2, 0.25) is 0 Å². The van der Waals surface area contributed by atoms with E-state index < -0.39 is 5.92 Å². The van der Waals surface area contributed by atoms with Gasteiger partial charge in [0.15, 0.2) is 23.1 Å². The number of rotatable bonds is 5. The van der Waals surface area contributed by atoms with Crippen LogP contribution in [0.25, 0.3) is 0 Å². The maximum Gasteiger partial charge on any atom is 0.163 e. The number of Topliss-reactive ketones (excluding diaryl/α,β-unsaturated/α-hetero) is 2. The number of benzene rings is 2. The van der Waals surface area contributed by atoms with Gasteiger partial charge in [-0.1, -0.05) is 24.3 Å². The smallest absolute Gasteiger partial charge is 0.163 e. The number of carbonyl (C=O) groups excluding carboxylic acids is 2. The molecule has 0 unspecified atom stereocenters. The Hall–Kier alpha value is -3.41. The molecule has 6 heteroatoms. The van der Waals surface area contributed by atoms with E-state index >= 15 is 0 Å². The maximum atomic E-state index is 14.0. The zero-order valence-corrected chi connectivity index (χ0v) is 18.5. The van der Waals surface area contributed by atoms with Gasteiger partial charge in [0.05, 0.1) is 7.11 Å². The Labute approximate surface area is 191 Å². The van der Waals surface area contributed by atoms with Crippen LogP contribution in [0.3, 0.4) is 0 Å². The van der Waals surface area contributed by atoms with Crippen molar-refractivity contribution in [2.75, 3.05) is 7.11 Å². The number of hydrogen-bond donors (Lipinski definition) is 0. The van der Waals surface area contributed by atoms with Crippen LogP contribution in [-0.4, -0.2) is 18.7 Å². The molecule has 0 saturated heterocycles. The largest absolute Gasteiger partial charge is 0.493 e. The number of ketones is 2. The first-order valence-electron chi connectivity index (χ1n) is 11.3. The number of methoxy groups -OCH3 is 1. The fourth-order valence-electron chi connectivity index (χ4n) is 4.90. The van der Waals surface area contributed by atoms with E-state index in [4.69, 9.17) is 14.2 Å². The SMILES string of the molecule is COc1cc(C2C3=C(CCCC3=O)OC3=C2C(=O)CCC3)ccc1OCc1ccccc1F. The molecule has 2 aromatic carbocycles. The summed E-state index contributed by atoms with van der Waals surface area (Å²) in [6, 6.07) is 11.9. The van der Waals surface area contributed by atoms with Crippen LogP contribution in [-0.2, 0) is 20.9 Å². The molecule has 1 heterocycles. The van der Waals surface area contributed by atoms with E-state index in [9.17, 15) is 14.0 Å². The molecule has 170 valence electrons. The minimum Gasteiger partial charge on any atom is -0.493 e. The highest BCUT2D eigenvalue weighted by molar-refractivity contribution is 6.05. The summed E-state index contributed by atoms with van der Waals surface area (Å²) >= 11 is 0. The molecule has 0 fully saturated rings. The lowest BCUT2D eigenvalue weighted by atomic mass is 9.73. The van der Waals surface area contributed by atoms with E-state index in [1.165, 1.54) is 13.2 Å². The molecule has 0 N–H and O–H groups in total. The Morgan fingerprint density at radius 3 is 2.21 bits per heavy atom. The Balaban J connectivity index is 1.52. The van der Waals surface area contributed by atoms with E-state index in [2.05, 4.69) is 0 Å². The second kappa shape index (κ2) is 8.85. The summed E-state index contributed by atoms with van der Waals surface area (Å²) in [7, 11) is 1.53. The molecule has 0 atom stereocenters. The van der Waals surface area contributed by atoms with Gasteiger partial charge in [-0.05, 0) is 36.6 Å². The van der Waals surface area contributed by atoms with Gasteiger partial charge in [0.25, 0.3) is 0 Å². The highest BCUT2D eigenvalue weighted by Gasteiger charge is 2.41. The maximum absolute atomic E-state index is 14.0. The van der Waals surface area contributed by atoms with Crippen molar-refractivity contribution in [1.29, 1.82) is 0 Å². The van der Waals surface area contributed by atoms with Gasteiger partial charge in [-0.2, -0.15) is 0 Å². The molecule has 2 aliphatic carbocycles. The Morgan fingerprint density at radius 1 is 0.909 bits per heavy atom. The zero-order valence-electron chi connectivity index (χ0n) is 18.5. The van der Waals surface area contributed by atoms with Gasteiger partial charge in [-0.15, -0.1) is 0 Å². The van der Waals surface area contributed by atoms with Crippen LogP contribution in [0.4, 0.5) is 4.39 Å². The normalized spacial score (nSPS) is 18.6. The fraction of sp³-hybridized carbons (Fsp3) is 0.333. The third kappa shape index (κ3) is 3.94. The van der Waals surface area contributed by atoms with Crippen LogP contribution >= 0.6 is 0 Å². The standard InChI is InChI=1S/C27H25FO5/c1-31-24-14-16(12-13-21(24)32-15-17-6-2-3-7-18(17)28)25-26-19(29)8-4-10-22(26)33-23-11-5-9-20(30)27(23)25/h2-3,6-7,12-14,25H,4-5,8-11,15H2,1H3. The van der Waals surface area contributed by atoms with Crippen LogP contribution < -0.4 is 9.47 Å². The predicted octanol–water partition coefficient (Wildman–Crippen LogP) is 5.54. The van der Waals surface area contributed by atoms with Gasteiger partial charge in [-0.3, -0.25) is 9.59 Å². The molecule has 33 heavy (non-hydrogen) atoms. The van der Waals surface area contributed by atoms with Gasteiger partial charge in [-0.25, -0.2) is 4.39 Å². The lowest BCUT2D eigenvalue weighted by molar-refractivity contribution is -0.117. The summed E-state index contributed by atoms with van der Waals surface area (Å²) in [6.07, 6.45) is 3.82. The first-order valence-corrected chi connectivity index (χ1v) is 11.3. The highest BCUT2D eigenvalue weighted by atomic mass is 19.1. The average Bonchev–Trinajstić information content (AvgIpc) is 2.82. The number of allylic oxidation sites excluding steroid dienone is 4. The molecule has 0 amide bonds. The molecule has 2 aromatic rings. The van der Waals surface area contributed by atoms with Crippen molar-refractivity contribution >= 4 is 11.6 Å². The number of hydrogen-bond acceptors (Lipinski definition) is 5. The van der Waals surface area contributed by atoms with Gasteiger partial charge < -0.3 is 14.2 Å². The molecule has 5 rings (SSSR count). The van der Waals surface area contributed by atoms with E-state index in [1.807, 2.05) is 12.1 Å². The summed E-state index contributed by atoms with van der Waals surface area (Å²) in [5, 5.41) is 0. The number of ether oxygens (including phenoxy) is 3. The van der Waals surface area contributed by atoms with Crippen molar-refractivity contribution in [3.8, 4) is 11.5 Å². The second-order valence-electron chi connectivity index (χ2n) is 8.55. The Morgan fingerprint density at radius 2 is 1.58 bits per heavy atom. The Bertz CT molecular complexity index is 1150. The predicted molar refractivity (Wildman–Crippen MR) is 119 cm³/mol. The molecule has 0 spiro atoms. The quantitative estimate of drug-likeness (QED) is 0.601. The summed E-state index contributed by atoms with van der Waals surface area (Å²) in [5.74, 6) is 1.60. The van der Waals surface area contributed by atoms with E-state index in [0.717, 1.165) is 18.4 Å². The van der Waals surface area contributed by atoms with Gasteiger partial charge >= 0.3 is 0 Å². The molecule has 0 bridgehead atoms. The molecular weight excluding hydrogens is 423 g/mol. The molecule has 1 aliphatic heterocycles. The van der Waals surface area contributed by atoms with Crippen molar-refractivity contribution in [1.82, 2.24) is 0 Å². The molecular formula is C27H25FO5. The highest BCUT2D eigenvalue weighted by Crippen LogP contribution is 2.48. The minimum atomic E-state index is -0.459. The number of halogens is 1. The minimum absolute atomic E-state index is 0.0324. The van der Waals surface area contributed by atoms with Crippen molar-refractivity contribution in [2.24, 2.45) is 0 Å². The summed E-state index contributed by atoms with van der Waals surface area (Å²) < 4.78 is 31.5. The molecule has 0 saturated carbocycles. The van der Waals surface area contributed by atoms with E-state index in [0.29, 0.717) is 65.4 Å². The van der Waals surface area contributed by atoms with E-state index in [-0.39, 0.29) is 24.0 Å². The van der Waals surface area contributed by atoms with Crippen LogP contribution in [0, 0.1) is 5.82 Å². The first-order chi connectivity index (χ1) is 16.1. The van der Waals surface area contributed by atoms with Crippen LogP contribution in [0.15, 0.2) is 65.1 Å². The van der Waals surface area contributed by atoms with Crippen molar-refractivity contribution < 1.29 is 28.2 Å². The van der Waals surface area contributed by atoms with Crippen LogP contribution in [0.5, 0.6) is 11.5 Å². The topological polar surface area (TPSA) is 61.8 Å². The third-order valence-electron chi connectivity index (χ3n) is 6.50. The van der Waals surface area contributed by atoms with Gasteiger partial charge in [0.1, 0.15) is 23.9 Å². The molecule has 0 aromatic heterocycles. The van der Waals surface area contributed by atoms with Crippen LogP contribution in [0.2, 0.25) is 0 Å². The lowest BCUT2D eigenvalue weighted by Crippen LogP contribution is -2.30. The fourth-order valence-corrected chi connectivity index (χ4v) is 4.90. The van der Waals surface area contributed by atoms with E-state index in [1.54, 1.807) is 24.3 Å². The second-order valence-corrected chi connectivity index (χ2v) is 8.55. The Kier molecular flexibility index (Phi) is 5.75. The third-order valence-corrected chi connectivity index (χ3v) is 6.50.